The number of hydrogen-bond acceptors (Lipinski definition) is 2. The lowest BCUT2D eigenvalue weighted by atomic mass is 9.96. The minimum Gasteiger partial charge on any atom is -0.497 e. The number of fused-ring (bicyclic) bond motifs is 1. The minimum absolute atomic E-state index is 0.00311. The van der Waals surface area contributed by atoms with Crippen LogP contribution in [0.15, 0.2) is 72.8 Å². The van der Waals surface area contributed by atoms with Gasteiger partial charge < -0.3 is 9.72 Å². The van der Waals surface area contributed by atoms with Gasteiger partial charge in [0, 0.05) is 16.5 Å². The number of carbonyl (C=O) groups excluding carboxylic acids is 1. The second-order valence-corrected chi connectivity index (χ2v) is 6.35. The zero-order chi connectivity index (χ0) is 18.1. The lowest BCUT2D eigenvalue weighted by Crippen LogP contribution is -2.02. The van der Waals surface area contributed by atoms with Gasteiger partial charge in [-0.25, -0.2) is 0 Å². The average Bonchev–Trinajstić information content (AvgIpc) is 3.07. The van der Waals surface area contributed by atoms with Gasteiger partial charge in [0.2, 0.25) is 0 Å². The van der Waals surface area contributed by atoms with Crippen LogP contribution in [-0.4, -0.2) is 17.9 Å². The van der Waals surface area contributed by atoms with Crippen molar-refractivity contribution in [3.63, 3.8) is 0 Å². The standard InChI is InChI=1S/C23H19NO2/c1-15-8-10-17(11-9-15)23(25)21-19-14-18(26-2)12-13-20(19)24-22(21)16-6-4-3-5-7-16/h3-14,24H,1-2H3. The Morgan fingerprint density at radius 1 is 0.923 bits per heavy atom. The summed E-state index contributed by atoms with van der Waals surface area (Å²) in [5.74, 6) is 0.734. The van der Waals surface area contributed by atoms with Gasteiger partial charge in [0.15, 0.2) is 5.78 Å². The predicted molar refractivity (Wildman–Crippen MR) is 105 cm³/mol. The Morgan fingerprint density at radius 3 is 2.35 bits per heavy atom. The van der Waals surface area contributed by atoms with Crippen molar-refractivity contribution in [2.24, 2.45) is 0 Å². The maximum absolute atomic E-state index is 13.4. The first kappa shape index (κ1) is 16.2. The Hall–Kier alpha value is -3.33. The van der Waals surface area contributed by atoms with Crippen molar-refractivity contribution >= 4 is 16.7 Å². The molecule has 0 fully saturated rings. The van der Waals surface area contributed by atoms with Crippen molar-refractivity contribution in [1.29, 1.82) is 0 Å². The molecule has 0 amide bonds. The van der Waals surface area contributed by atoms with Crippen LogP contribution in [0.4, 0.5) is 0 Å². The second-order valence-electron chi connectivity index (χ2n) is 6.35. The van der Waals surface area contributed by atoms with Crippen molar-refractivity contribution < 1.29 is 9.53 Å². The first-order valence-electron chi connectivity index (χ1n) is 8.54. The van der Waals surface area contributed by atoms with E-state index in [0.717, 1.165) is 33.5 Å². The summed E-state index contributed by atoms with van der Waals surface area (Å²) in [6.45, 7) is 2.01. The number of aryl methyl sites for hydroxylation is 1. The smallest absolute Gasteiger partial charge is 0.195 e. The Kier molecular flexibility index (Phi) is 4.05. The van der Waals surface area contributed by atoms with Crippen LogP contribution in [0.25, 0.3) is 22.2 Å². The summed E-state index contributed by atoms with van der Waals surface area (Å²) in [6.07, 6.45) is 0. The van der Waals surface area contributed by atoms with Crippen molar-refractivity contribution in [2.75, 3.05) is 7.11 Å². The number of nitrogens with one attached hydrogen (secondary N) is 1. The highest BCUT2D eigenvalue weighted by Crippen LogP contribution is 2.34. The molecule has 26 heavy (non-hydrogen) atoms. The molecule has 0 saturated carbocycles. The molecular formula is C23H19NO2. The van der Waals surface area contributed by atoms with E-state index in [2.05, 4.69) is 4.98 Å². The molecule has 0 bridgehead atoms. The van der Waals surface area contributed by atoms with E-state index in [4.69, 9.17) is 4.74 Å². The van der Waals surface area contributed by atoms with E-state index >= 15 is 0 Å². The molecule has 1 aromatic heterocycles. The van der Waals surface area contributed by atoms with Crippen LogP contribution in [0.1, 0.15) is 21.5 Å². The van der Waals surface area contributed by atoms with Gasteiger partial charge in [-0.3, -0.25) is 4.79 Å². The topological polar surface area (TPSA) is 42.1 Å². The third-order valence-corrected chi connectivity index (χ3v) is 4.61. The van der Waals surface area contributed by atoms with Gasteiger partial charge in [0.1, 0.15) is 5.75 Å². The normalized spacial score (nSPS) is 10.8. The third-order valence-electron chi connectivity index (χ3n) is 4.61. The molecule has 1 heterocycles. The fraction of sp³-hybridized carbons (Fsp3) is 0.0870. The first-order valence-corrected chi connectivity index (χ1v) is 8.54. The molecule has 0 aliphatic heterocycles. The highest BCUT2D eigenvalue weighted by Gasteiger charge is 2.21. The van der Waals surface area contributed by atoms with Crippen molar-refractivity contribution in [3.05, 3.63) is 89.5 Å². The van der Waals surface area contributed by atoms with Crippen LogP contribution in [0.3, 0.4) is 0 Å². The van der Waals surface area contributed by atoms with Crippen LogP contribution in [0.5, 0.6) is 5.75 Å². The van der Waals surface area contributed by atoms with Gasteiger partial charge in [-0.2, -0.15) is 0 Å². The summed E-state index contributed by atoms with van der Waals surface area (Å²) in [5.41, 5.74) is 5.22. The third kappa shape index (κ3) is 2.78. The fourth-order valence-electron chi connectivity index (χ4n) is 3.20. The molecule has 0 unspecified atom stereocenters. The summed E-state index contributed by atoms with van der Waals surface area (Å²) < 4.78 is 5.37. The maximum atomic E-state index is 13.4. The van der Waals surface area contributed by atoms with E-state index in [-0.39, 0.29) is 5.78 Å². The van der Waals surface area contributed by atoms with Crippen molar-refractivity contribution in [2.45, 2.75) is 6.92 Å². The van der Waals surface area contributed by atoms with Crippen LogP contribution in [0, 0.1) is 6.92 Å². The first-order chi connectivity index (χ1) is 12.7. The molecule has 0 radical (unpaired) electrons. The number of ether oxygens (including phenoxy) is 1. The van der Waals surface area contributed by atoms with E-state index in [1.165, 1.54) is 0 Å². The van der Waals surface area contributed by atoms with Gasteiger partial charge in [-0.1, -0.05) is 60.2 Å². The highest BCUT2D eigenvalue weighted by atomic mass is 16.5. The molecular weight excluding hydrogens is 322 g/mol. The summed E-state index contributed by atoms with van der Waals surface area (Å²) >= 11 is 0. The quantitative estimate of drug-likeness (QED) is 0.506. The molecule has 1 N–H and O–H groups in total. The monoisotopic (exact) mass is 341 g/mol. The van der Waals surface area contributed by atoms with Gasteiger partial charge >= 0.3 is 0 Å². The molecule has 3 heteroatoms. The Balaban J connectivity index is 1.97. The van der Waals surface area contributed by atoms with Gasteiger partial charge in [0.05, 0.1) is 18.4 Å². The summed E-state index contributed by atoms with van der Waals surface area (Å²) in [4.78, 5) is 16.8. The fourth-order valence-corrected chi connectivity index (χ4v) is 3.20. The number of rotatable bonds is 4. The molecule has 0 aliphatic carbocycles. The van der Waals surface area contributed by atoms with Gasteiger partial charge in [-0.05, 0) is 30.7 Å². The number of H-pyrrole nitrogens is 1. The van der Waals surface area contributed by atoms with E-state index in [9.17, 15) is 4.79 Å². The summed E-state index contributed by atoms with van der Waals surface area (Å²) in [6, 6.07) is 23.4. The molecule has 0 saturated heterocycles. The SMILES string of the molecule is COc1ccc2[nH]c(-c3ccccc3)c(C(=O)c3ccc(C)cc3)c2c1. The van der Waals surface area contributed by atoms with Gasteiger partial charge in [0.25, 0.3) is 0 Å². The van der Waals surface area contributed by atoms with Crippen LogP contribution < -0.4 is 4.74 Å². The molecule has 0 spiro atoms. The largest absolute Gasteiger partial charge is 0.497 e. The zero-order valence-corrected chi connectivity index (χ0v) is 14.7. The molecule has 3 nitrogen and oxygen atoms in total. The zero-order valence-electron chi connectivity index (χ0n) is 14.7. The molecule has 4 rings (SSSR count). The number of carbonyl (C=O) groups is 1. The van der Waals surface area contributed by atoms with Crippen molar-refractivity contribution in [3.8, 4) is 17.0 Å². The molecule has 0 atom stereocenters. The van der Waals surface area contributed by atoms with E-state index in [1.54, 1.807) is 7.11 Å². The number of aromatic amines is 1. The lowest BCUT2D eigenvalue weighted by Gasteiger charge is -2.06. The Bertz CT molecular complexity index is 1080. The molecule has 4 aromatic rings. The number of benzene rings is 3. The van der Waals surface area contributed by atoms with Crippen LogP contribution in [-0.2, 0) is 0 Å². The van der Waals surface area contributed by atoms with Crippen molar-refractivity contribution in [1.82, 2.24) is 4.98 Å². The van der Waals surface area contributed by atoms with Crippen LogP contribution >= 0.6 is 0 Å². The molecule has 128 valence electrons. The Morgan fingerprint density at radius 2 is 1.65 bits per heavy atom. The number of hydrogen-bond donors (Lipinski definition) is 1. The van der Waals surface area contributed by atoms with E-state index < -0.39 is 0 Å². The van der Waals surface area contributed by atoms with E-state index in [1.807, 2.05) is 79.7 Å². The average molecular weight is 341 g/mol. The summed E-state index contributed by atoms with van der Waals surface area (Å²) in [5, 5.41) is 0.869. The predicted octanol–water partition coefficient (Wildman–Crippen LogP) is 5.38. The van der Waals surface area contributed by atoms with Gasteiger partial charge in [-0.15, -0.1) is 0 Å². The number of methoxy groups -OCH3 is 1. The summed E-state index contributed by atoms with van der Waals surface area (Å²) in [7, 11) is 1.63. The molecule has 0 aliphatic rings. The number of ketones is 1. The highest BCUT2D eigenvalue weighted by molar-refractivity contribution is 6.20. The molecule has 3 aromatic carbocycles. The van der Waals surface area contributed by atoms with Crippen LogP contribution in [0.2, 0.25) is 0 Å². The Labute approximate surface area is 152 Å². The maximum Gasteiger partial charge on any atom is 0.195 e. The van der Waals surface area contributed by atoms with E-state index in [0.29, 0.717) is 11.1 Å². The minimum atomic E-state index is 0.00311. The second kappa shape index (κ2) is 6.52. The lowest BCUT2D eigenvalue weighted by molar-refractivity contribution is 0.104. The number of aromatic nitrogens is 1.